The van der Waals surface area contributed by atoms with Gasteiger partial charge in [0.05, 0.1) is 12.1 Å². The normalized spacial score (nSPS) is 12.8. The average molecular weight is 339 g/mol. The number of ether oxygens (including phenoxy) is 2. The molecule has 0 unspecified atom stereocenters. The molecule has 0 fully saturated rings. The lowest BCUT2D eigenvalue weighted by Gasteiger charge is -2.23. The molecule has 1 N–H and O–H groups in total. The zero-order chi connectivity index (χ0) is 17.8. The van der Waals surface area contributed by atoms with Gasteiger partial charge in [0.15, 0.2) is 17.3 Å². The maximum absolute atomic E-state index is 12.5. The molecule has 1 heterocycles. The van der Waals surface area contributed by atoms with Crippen LogP contribution in [0.4, 0.5) is 5.69 Å². The summed E-state index contributed by atoms with van der Waals surface area (Å²) in [5.74, 6) is 0.534. The van der Waals surface area contributed by atoms with Crippen LogP contribution in [-0.4, -0.2) is 24.9 Å². The Morgan fingerprint density at radius 1 is 1.04 bits per heavy atom. The van der Waals surface area contributed by atoms with E-state index < -0.39 is 0 Å². The molecule has 3 rings (SSSR count). The summed E-state index contributed by atoms with van der Waals surface area (Å²) in [6.45, 7) is 4.49. The van der Waals surface area contributed by atoms with Gasteiger partial charge in [0.1, 0.15) is 13.2 Å². The zero-order valence-electron chi connectivity index (χ0n) is 14.4. The molecule has 0 atom stereocenters. The molecule has 2 aromatic rings. The second-order valence-electron chi connectivity index (χ2n) is 6.24. The summed E-state index contributed by atoms with van der Waals surface area (Å²) in [6, 6.07) is 12.9. The molecular weight excluding hydrogens is 318 g/mol. The Morgan fingerprint density at radius 2 is 1.76 bits per heavy atom. The molecule has 0 saturated carbocycles. The van der Waals surface area contributed by atoms with Crippen LogP contribution >= 0.6 is 0 Å². The third-order valence-corrected chi connectivity index (χ3v) is 3.97. The number of carbonyl (C=O) groups excluding carboxylic acids is 2. The summed E-state index contributed by atoms with van der Waals surface area (Å²) in [4.78, 5) is 25.0. The molecule has 130 valence electrons. The van der Waals surface area contributed by atoms with Gasteiger partial charge in [-0.05, 0) is 17.7 Å². The average Bonchev–Trinajstić information content (AvgIpc) is 2.62. The summed E-state index contributed by atoms with van der Waals surface area (Å²) in [5.41, 5.74) is 1.75. The lowest BCUT2D eigenvalue weighted by atomic mass is 9.98. The molecule has 1 aliphatic heterocycles. The van der Waals surface area contributed by atoms with Crippen LogP contribution in [0.3, 0.4) is 0 Å². The Labute approximate surface area is 147 Å². The number of rotatable bonds is 5. The summed E-state index contributed by atoms with van der Waals surface area (Å²) in [7, 11) is 0. The molecule has 2 aromatic carbocycles. The molecule has 1 aliphatic rings. The van der Waals surface area contributed by atoms with Crippen LogP contribution in [0.1, 0.15) is 29.8 Å². The van der Waals surface area contributed by atoms with Crippen LogP contribution in [0, 0.1) is 5.92 Å². The van der Waals surface area contributed by atoms with Gasteiger partial charge in [-0.1, -0.05) is 44.2 Å². The van der Waals surface area contributed by atoms with Crippen LogP contribution in [0.25, 0.3) is 0 Å². The molecule has 0 bridgehead atoms. The molecule has 0 radical (unpaired) electrons. The van der Waals surface area contributed by atoms with E-state index in [0.29, 0.717) is 36.0 Å². The Balaban J connectivity index is 1.92. The monoisotopic (exact) mass is 339 g/mol. The van der Waals surface area contributed by atoms with Crippen molar-refractivity contribution in [3.63, 3.8) is 0 Å². The van der Waals surface area contributed by atoms with Gasteiger partial charge in [-0.25, -0.2) is 0 Å². The van der Waals surface area contributed by atoms with Crippen LogP contribution in [0.15, 0.2) is 42.5 Å². The first-order valence-electron chi connectivity index (χ1n) is 8.37. The van der Waals surface area contributed by atoms with Crippen molar-refractivity contribution in [2.45, 2.75) is 20.3 Å². The van der Waals surface area contributed by atoms with E-state index in [9.17, 15) is 9.59 Å². The second-order valence-corrected chi connectivity index (χ2v) is 6.24. The van der Waals surface area contributed by atoms with Crippen molar-refractivity contribution in [1.29, 1.82) is 0 Å². The fourth-order valence-electron chi connectivity index (χ4n) is 2.72. The number of nitrogens with one attached hydrogen (secondary N) is 1. The maximum atomic E-state index is 12.5. The molecule has 0 aliphatic carbocycles. The first-order valence-corrected chi connectivity index (χ1v) is 8.37. The predicted molar refractivity (Wildman–Crippen MR) is 95.4 cm³/mol. The Hall–Kier alpha value is -2.82. The number of carbonyl (C=O) groups is 2. The Kier molecular flexibility index (Phi) is 5.03. The fraction of sp³-hybridized carbons (Fsp3) is 0.300. The van der Waals surface area contributed by atoms with Crippen molar-refractivity contribution in [1.82, 2.24) is 0 Å². The highest BCUT2D eigenvalue weighted by molar-refractivity contribution is 6.08. The van der Waals surface area contributed by atoms with Crippen molar-refractivity contribution in [3.8, 4) is 11.5 Å². The number of ketones is 1. The van der Waals surface area contributed by atoms with E-state index in [-0.39, 0.29) is 24.0 Å². The Bertz CT molecular complexity index is 784. The molecule has 25 heavy (non-hydrogen) atoms. The molecule has 1 amide bonds. The standard InChI is InChI=1S/C20H21NO4/c1-13(2)19(23)15-8-9-16-20(25-11-10-24-16)18(15)21-17(22)12-14-6-4-3-5-7-14/h3-9,13H,10-12H2,1-2H3,(H,21,22). The van der Waals surface area contributed by atoms with Crippen LogP contribution in [0.5, 0.6) is 11.5 Å². The lowest BCUT2D eigenvalue weighted by molar-refractivity contribution is -0.115. The highest BCUT2D eigenvalue weighted by Crippen LogP contribution is 2.40. The first-order chi connectivity index (χ1) is 12.1. The molecule has 0 saturated heterocycles. The molecule has 0 aromatic heterocycles. The van der Waals surface area contributed by atoms with Gasteiger partial charge in [-0.2, -0.15) is 0 Å². The number of anilines is 1. The van der Waals surface area contributed by atoms with E-state index in [1.807, 2.05) is 44.2 Å². The molecule has 0 spiro atoms. The van der Waals surface area contributed by atoms with Crippen LogP contribution in [-0.2, 0) is 11.2 Å². The van der Waals surface area contributed by atoms with Crippen molar-refractivity contribution in [2.75, 3.05) is 18.5 Å². The van der Waals surface area contributed by atoms with Crippen molar-refractivity contribution < 1.29 is 19.1 Å². The number of Topliss-reactive ketones (excluding diaryl/α,β-unsaturated/α-hetero) is 1. The second kappa shape index (κ2) is 7.38. The van der Waals surface area contributed by atoms with Crippen molar-refractivity contribution >= 4 is 17.4 Å². The summed E-state index contributed by atoms with van der Waals surface area (Å²) < 4.78 is 11.3. The highest BCUT2D eigenvalue weighted by atomic mass is 16.6. The number of benzene rings is 2. The third kappa shape index (κ3) is 3.82. The van der Waals surface area contributed by atoms with Crippen LogP contribution in [0.2, 0.25) is 0 Å². The van der Waals surface area contributed by atoms with Gasteiger partial charge in [0, 0.05) is 11.5 Å². The number of amides is 1. The summed E-state index contributed by atoms with van der Waals surface area (Å²) in [5, 5.41) is 2.86. The Morgan fingerprint density at radius 3 is 2.48 bits per heavy atom. The van der Waals surface area contributed by atoms with Gasteiger partial charge in [-0.3, -0.25) is 9.59 Å². The zero-order valence-corrected chi connectivity index (χ0v) is 14.4. The van der Waals surface area contributed by atoms with E-state index in [2.05, 4.69) is 5.32 Å². The number of hydrogen-bond acceptors (Lipinski definition) is 4. The summed E-state index contributed by atoms with van der Waals surface area (Å²) >= 11 is 0. The van der Waals surface area contributed by atoms with Crippen molar-refractivity contribution in [2.24, 2.45) is 5.92 Å². The smallest absolute Gasteiger partial charge is 0.228 e. The van der Waals surface area contributed by atoms with Crippen molar-refractivity contribution in [3.05, 3.63) is 53.6 Å². The van der Waals surface area contributed by atoms with E-state index in [0.717, 1.165) is 5.56 Å². The highest BCUT2D eigenvalue weighted by Gasteiger charge is 2.25. The minimum Gasteiger partial charge on any atom is -0.486 e. The summed E-state index contributed by atoms with van der Waals surface area (Å²) in [6.07, 6.45) is 0.223. The van der Waals surface area contributed by atoms with Gasteiger partial charge in [-0.15, -0.1) is 0 Å². The van der Waals surface area contributed by atoms with Gasteiger partial charge in [0.25, 0.3) is 0 Å². The number of fused-ring (bicyclic) bond motifs is 1. The van der Waals surface area contributed by atoms with E-state index in [1.165, 1.54) is 0 Å². The minimum absolute atomic E-state index is 0.0491. The SMILES string of the molecule is CC(C)C(=O)c1ccc2c(c1NC(=O)Cc1ccccc1)OCCO2. The lowest BCUT2D eigenvalue weighted by Crippen LogP contribution is -2.22. The fourth-order valence-corrected chi connectivity index (χ4v) is 2.72. The van der Waals surface area contributed by atoms with Gasteiger partial charge in [0.2, 0.25) is 5.91 Å². The van der Waals surface area contributed by atoms with E-state index >= 15 is 0 Å². The topological polar surface area (TPSA) is 64.6 Å². The first kappa shape index (κ1) is 17.0. The van der Waals surface area contributed by atoms with Crippen LogP contribution < -0.4 is 14.8 Å². The predicted octanol–water partition coefficient (Wildman–Crippen LogP) is 3.48. The third-order valence-electron chi connectivity index (χ3n) is 3.97. The van der Waals surface area contributed by atoms with Gasteiger partial charge >= 0.3 is 0 Å². The molecule has 5 nitrogen and oxygen atoms in total. The number of hydrogen-bond donors (Lipinski definition) is 1. The largest absolute Gasteiger partial charge is 0.486 e. The molecular formula is C20H21NO4. The van der Waals surface area contributed by atoms with Gasteiger partial charge < -0.3 is 14.8 Å². The molecule has 5 heteroatoms. The quantitative estimate of drug-likeness (QED) is 0.847. The van der Waals surface area contributed by atoms with E-state index in [4.69, 9.17) is 9.47 Å². The maximum Gasteiger partial charge on any atom is 0.228 e. The van der Waals surface area contributed by atoms with E-state index in [1.54, 1.807) is 12.1 Å². The minimum atomic E-state index is -0.202.